The molecule has 2 aromatic rings. The number of rotatable bonds is 2. The van der Waals surface area contributed by atoms with E-state index in [1.807, 2.05) is 0 Å². The quantitative estimate of drug-likeness (QED) is 0.544. The van der Waals surface area contributed by atoms with Crippen LogP contribution in [0.2, 0.25) is 0 Å². The molecule has 0 N–H and O–H groups in total. The first-order chi connectivity index (χ1) is 9.88. The van der Waals surface area contributed by atoms with Gasteiger partial charge in [-0.05, 0) is 0 Å². The van der Waals surface area contributed by atoms with Crippen LogP contribution in [0.4, 0.5) is 11.4 Å². The van der Waals surface area contributed by atoms with Crippen molar-refractivity contribution in [2.24, 2.45) is 9.49 Å². The Kier molecular flexibility index (Phi) is 4.90. The molecule has 0 saturated heterocycles. The van der Waals surface area contributed by atoms with Crippen molar-refractivity contribution in [3.05, 3.63) is 57.6 Å². The summed E-state index contributed by atoms with van der Waals surface area (Å²) >= 11 is 0. The van der Waals surface area contributed by atoms with E-state index >= 15 is 0 Å². The second-order valence-electron chi connectivity index (χ2n) is 5.78. The van der Waals surface area contributed by atoms with Crippen molar-refractivity contribution < 1.29 is 0 Å². The van der Waals surface area contributed by atoms with Crippen LogP contribution >= 0.6 is 8.16 Å². The molecule has 0 amide bonds. The van der Waals surface area contributed by atoms with Gasteiger partial charge in [0.05, 0.1) is 0 Å². The van der Waals surface area contributed by atoms with Gasteiger partial charge in [-0.15, -0.1) is 0 Å². The Labute approximate surface area is 128 Å². The zero-order valence-corrected chi connectivity index (χ0v) is 14.5. The van der Waals surface area contributed by atoms with E-state index in [1.165, 1.54) is 33.4 Å². The third kappa shape index (κ3) is 3.77. The van der Waals surface area contributed by atoms with Crippen molar-refractivity contribution in [3.63, 3.8) is 0 Å². The summed E-state index contributed by atoms with van der Waals surface area (Å²) in [5.74, 6) is 0. The minimum absolute atomic E-state index is 0.747. The van der Waals surface area contributed by atoms with Gasteiger partial charge in [-0.3, -0.25) is 0 Å². The molecule has 0 atom stereocenters. The van der Waals surface area contributed by atoms with E-state index in [-0.39, 0.29) is 0 Å². The molecule has 108 valence electrons. The van der Waals surface area contributed by atoms with E-state index in [4.69, 9.17) is 0 Å². The third-order valence-corrected chi connectivity index (χ3v) is 4.14. The molecule has 21 heavy (non-hydrogen) atoms. The van der Waals surface area contributed by atoms with Gasteiger partial charge in [-0.1, -0.05) is 0 Å². The average molecular weight is 297 g/mol. The van der Waals surface area contributed by atoms with Crippen LogP contribution in [0.5, 0.6) is 0 Å². The maximum absolute atomic E-state index is 4.65. The Hall–Kier alpha value is -1.53. The monoisotopic (exact) mass is 297 g/mol. The van der Waals surface area contributed by atoms with E-state index in [1.54, 1.807) is 0 Å². The molecular weight excluding hydrogens is 275 g/mol. The van der Waals surface area contributed by atoms with Gasteiger partial charge >= 0.3 is 128 Å². The molecule has 0 heterocycles. The van der Waals surface area contributed by atoms with Gasteiger partial charge in [-0.2, -0.15) is 0 Å². The van der Waals surface area contributed by atoms with Crippen LogP contribution in [-0.4, -0.2) is 0 Å². The number of benzene rings is 2. The molecule has 0 aliphatic carbocycles. The van der Waals surface area contributed by atoms with Gasteiger partial charge in [-0.25, -0.2) is 0 Å². The molecule has 0 aromatic heterocycles. The summed E-state index contributed by atoms with van der Waals surface area (Å²) < 4.78 is 9.30. The molecule has 0 radical (unpaired) electrons. The summed E-state index contributed by atoms with van der Waals surface area (Å²) in [6.07, 6.45) is 0. The first kappa shape index (κ1) is 15.9. The van der Waals surface area contributed by atoms with E-state index in [0.29, 0.717) is 0 Å². The second-order valence-corrected chi connectivity index (χ2v) is 6.36. The SMILES string of the molecule is Cc1cc(C)c(N=[P+]=Nc2c(C)cc(C)cc2C)c(C)c1. The van der Waals surface area contributed by atoms with Crippen LogP contribution < -0.4 is 0 Å². The summed E-state index contributed by atoms with van der Waals surface area (Å²) in [7, 11) is 0.747. The normalized spacial score (nSPS) is 10.4. The van der Waals surface area contributed by atoms with Crippen LogP contribution in [0, 0.1) is 41.5 Å². The summed E-state index contributed by atoms with van der Waals surface area (Å²) in [5.41, 5.74) is 9.55. The van der Waals surface area contributed by atoms with Crippen molar-refractivity contribution in [2.75, 3.05) is 0 Å². The van der Waals surface area contributed by atoms with E-state index in [2.05, 4.69) is 75.3 Å². The van der Waals surface area contributed by atoms with Crippen molar-refractivity contribution in [1.82, 2.24) is 0 Å². The predicted octanol–water partition coefficient (Wildman–Crippen LogP) is 6.81. The van der Waals surface area contributed by atoms with E-state index in [9.17, 15) is 0 Å². The fraction of sp³-hybridized carbons (Fsp3) is 0.333. The van der Waals surface area contributed by atoms with Crippen molar-refractivity contribution in [2.45, 2.75) is 41.5 Å². The molecule has 2 aromatic carbocycles. The topological polar surface area (TPSA) is 24.7 Å². The minimum atomic E-state index is 0.747. The Morgan fingerprint density at radius 3 is 1.14 bits per heavy atom. The van der Waals surface area contributed by atoms with Crippen molar-refractivity contribution >= 4 is 19.5 Å². The Morgan fingerprint density at radius 1 is 0.571 bits per heavy atom. The summed E-state index contributed by atoms with van der Waals surface area (Å²) in [4.78, 5) is 0. The fourth-order valence-corrected chi connectivity index (χ4v) is 3.63. The number of aryl methyl sites for hydroxylation is 6. The molecule has 0 fully saturated rings. The zero-order valence-electron chi connectivity index (χ0n) is 13.7. The van der Waals surface area contributed by atoms with Crippen molar-refractivity contribution in [3.8, 4) is 0 Å². The van der Waals surface area contributed by atoms with Crippen LogP contribution in [0.1, 0.15) is 33.4 Å². The second kappa shape index (κ2) is 6.49. The molecule has 0 unspecified atom stereocenters. The van der Waals surface area contributed by atoms with Crippen LogP contribution in [0.25, 0.3) is 0 Å². The Balaban J connectivity index is 2.43. The Morgan fingerprint density at radius 2 is 0.857 bits per heavy atom. The van der Waals surface area contributed by atoms with Crippen LogP contribution in [-0.2, 0) is 0 Å². The number of hydrogen-bond acceptors (Lipinski definition) is 2. The van der Waals surface area contributed by atoms with Gasteiger partial charge < -0.3 is 0 Å². The molecule has 3 heteroatoms. The van der Waals surface area contributed by atoms with E-state index < -0.39 is 0 Å². The zero-order chi connectivity index (χ0) is 15.6. The molecule has 0 bridgehead atoms. The molecule has 2 rings (SSSR count). The molecule has 0 spiro atoms. The molecule has 0 aliphatic heterocycles. The molecular formula is C18H22N2P+. The van der Waals surface area contributed by atoms with Gasteiger partial charge in [0, 0.05) is 0 Å². The predicted molar refractivity (Wildman–Crippen MR) is 92.4 cm³/mol. The first-order valence-corrected chi connectivity index (χ1v) is 7.96. The van der Waals surface area contributed by atoms with Crippen molar-refractivity contribution in [1.29, 1.82) is 0 Å². The molecule has 2 nitrogen and oxygen atoms in total. The van der Waals surface area contributed by atoms with Crippen LogP contribution in [0.3, 0.4) is 0 Å². The Bertz CT molecular complexity index is 646. The van der Waals surface area contributed by atoms with E-state index in [0.717, 1.165) is 19.5 Å². The van der Waals surface area contributed by atoms with Gasteiger partial charge in [0.25, 0.3) is 0 Å². The van der Waals surface area contributed by atoms with Crippen LogP contribution in [0.15, 0.2) is 33.8 Å². The summed E-state index contributed by atoms with van der Waals surface area (Å²) in [5, 5.41) is 0. The van der Waals surface area contributed by atoms with Gasteiger partial charge in [0.2, 0.25) is 0 Å². The standard InChI is InChI=1S/C18H22N2P/c1-11-7-13(3)17(14(4)8-11)19-21-20-18-15(5)9-12(2)10-16(18)6/h7-10H,1-6H3/q+1. The average Bonchev–Trinajstić information content (AvgIpc) is 2.34. The number of nitrogens with zero attached hydrogens (tertiary/aromatic N) is 2. The summed E-state index contributed by atoms with van der Waals surface area (Å²) in [6.45, 7) is 12.7. The third-order valence-electron chi connectivity index (χ3n) is 3.56. The maximum atomic E-state index is 4.65. The first-order valence-electron chi connectivity index (χ1n) is 7.16. The van der Waals surface area contributed by atoms with Gasteiger partial charge in [0.1, 0.15) is 0 Å². The number of hydrogen-bond donors (Lipinski definition) is 0. The summed E-state index contributed by atoms with van der Waals surface area (Å²) in [6, 6.07) is 8.68. The van der Waals surface area contributed by atoms with Gasteiger partial charge in [0.15, 0.2) is 0 Å². The fourth-order valence-electron chi connectivity index (χ4n) is 2.77. The molecule has 0 saturated carbocycles. The molecule has 0 aliphatic rings.